The molecule has 94 valence electrons. The number of hydrogen-bond acceptors (Lipinski definition) is 5. The van der Waals surface area contributed by atoms with E-state index in [9.17, 15) is 4.79 Å². The Hall–Kier alpha value is -2.54. The number of benzene rings is 1. The summed E-state index contributed by atoms with van der Waals surface area (Å²) >= 11 is 5.78. The van der Waals surface area contributed by atoms with Crippen LogP contribution >= 0.6 is 11.6 Å². The SMILES string of the molecule is O=C(n1cncn1)n1nc(Cl)nc1-c1ccccc1. The summed E-state index contributed by atoms with van der Waals surface area (Å²) in [5.41, 5.74) is 0.732. The van der Waals surface area contributed by atoms with Gasteiger partial charge in [-0.1, -0.05) is 30.3 Å². The number of rotatable bonds is 1. The van der Waals surface area contributed by atoms with Crippen LogP contribution in [0.15, 0.2) is 43.0 Å². The molecule has 7 nitrogen and oxygen atoms in total. The number of halogens is 1. The Kier molecular flexibility index (Phi) is 2.81. The molecule has 0 amide bonds. The first-order chi connectivity index (χ1) is 9.25. The van der Waals surface area contributed by atoms with Gasteiger partial charge >= 0.3 is 6.03 Å². The van der Waals surface area contributed by atoms with Gasteiger partial charge in [0.25, 0.3) is 0 Å². The fourth-order valence-corrected chi connectivity index (χ4v) is 1.75. The quantitative estimate of drug-likeness (QED) is 0.675. The summed E-state index contributed by atoms with van der Waals surface area (Å²) in [6.45, 7) is 0. The van der Waals surface area contributed by atoms with Crippen molar-refractivity contribution in [3.8, 4) is 11.4 Å². The smallest absolute Gasteiger partial charge is 0.243 e. The van der Waals surface area contributed by atoms with Crippen LogP contribution in [0.1, 0.15) is 0 Å². The maximum Gasteiger partial charge on any atom is 0.372 e. The number of nitrogens with zero attached hydrogens (tertiary/aromatic N) is 6. The molecule has 2 heterocycles. The van der Waals surface area contributed by atoms with E-state index in [0.29, 0.717) is 5.82 Å². The third-order valence-electron chi connectivity index (χ3n) is 2.41. The van der Waals surface area contributed by atoms with Gasteiger partial charge in [-0.25, -0.2) is 9.78 Å². The van der Waals surface area contributed by atoms with Gasteiger partial charge in [0.05, 0.1) is 0 Å². The normalized spacial score (nSPS) is 10.6. The zero-order valence-electron chi connectivity index (χ0n) is 9.51. The molecule has 0 aliphatic rings. The molecule has 0 radical (unpaired) electrons. The van der Waals surface area contributed by atoms with Crippen molar-refractivity contribution in [2.24, 2.45) is 0 Å². The number of hydrogen-bond donors (Lipinski definition) is 0. The molecule has 3 aromatic rings. The number of carbonyl (C=O) groups excluding carboxylic acids is 1. The fourth-order valence-electron chi connectivity index (χ4n) is 1.60. The molecule has 8 heteroatoms. The summed E-state index contributed by atoms with van der Waals surface area (Å²) in [7, 11) is 0. The van der Waals surface area contributed by atoms with E-state index in [1.165, 1.54) is 12.7 Å². The van der Waals surface area contributed by atoms with E-state index >= 15 is 0 Å². The Morgan fingerprint density at radius 3 is 2.68 bits per heavy atom. The summed E-state index contributed by atoms with van der Waals surface area (Å²) in [6, 6.07) is 8.66. The van der Waals surface area contributed by atoms with Gasteiger partial charge in [-0.2, -0.15) is 19.4 Å². The van der Waals surface area contributed by atoms with E-state index in [1.54, 1.807) is 0 Å². The van der Waals surface area contributed by atoms with Crippen LogP contribution in [0, 0.1) is 0 Å². The molecule has 0 N–H and O–H groups in total. The predicted molar refractivity (Wildman–Crippen MR) is 66.7 cm³/mol. The first-order valence-corrected chi connectivity index (χ1v) is 5.71. The van der Waals surface area contributed by atoms with Crippen LogP contribution in [0.4, 0.5) is 4.79 Å². The highest BCUT2D eigenvalue weighted by molar-refractivity contribution is 6.28. The van der Waals surface area contributed by atoms with E-state index in [1.807, 2.05) is 30.3 Å². The zero-order chi connectivity index (χ0) is 13.2. The highest BCUT2D eigenvalue weighted by Gasteiger charge is 2.18. The van der Waals surface area contributed by atoms with Crippen molar-refractivity contribution in [3.63, 3.8) is 0 Å². The Labute approximate surface area is 112 Å². The molecule has 0 aliphatic heterocycles. The van der Waals surface area contributed by atoms with Crippen LogP contribution < -0.4 is 0 Å². The maximum absolute atomic E-state index is 12.2. The standard InChI is InChI=1S/C11H7ClN6O/c12-10-15-9(8-4-2-1-3-5-8)18(16-10)11(19)17-7-13-6-14-17/h1-7H. The van der Waals surface area contributed by atoms with Gasteiger partial charge in [0, 0.05) is 5.56 Å². The fraction of sp³-hybridized carbons (Fsp3) is 0. The lowest BCUT2D eigenvalue weighted by atomic mass is 10.2. The minimum Gasteiger partial charge on any atom is -0.243 e. The van der Waals surface area contributed by atoms with E-state index in [4.69, 9.17) is 11.6 Å². The molecule has 0 saturated carbocycles. The molecule has 0 aliphatic carbocycles. The second kappa shape index (κ2) is 4.62. The van der Waals surface area contributed by atoms with E-state index < -0.39 is 6.03 Å². The Morgan fingerprint density at radius 2 is 2.00 bits per heavy atom. The molecule has 0 saturated heterocycles. The van der Waals surface area contributed by atoms with Gasteiger partial charge in [-0.3, -0.25) is 0 Å². The average Bonchev–Trinajstić information content (AvgIpc) is 3.08. The first kappa shape index (κ1) is 11.5. The highest BCUT2D eigenvalue weighted by Crippen LogP contribution is 2.18. The van der Waals surface area contributed by atoms with E-state index in [2.05, 4.69) is 20.2 Å². The maximum atomic E-state index is 12.2. The first-order valence-electron chi connectivity index (χ1n) is 5.33. The lowest BCUT2D eigenvalue weighted by molar-refractivity contribution is 0.238. The van der Waals surface area contributed by atoms with Crippen molar-refractivity contribution < 1.29 is 4.79 Å². The molecule has 3 rings (SSSR count). The lowest BCUT2D eigenvalue weighted by Gasteiger charge is -2.03. The molecule has 0 atom stereocenters. The van der Waals surface area contributed by atoms with Crippen LogP contribution in [0.25, 0.3) is 11.4 Å². The monoisotopic (exact) mass is 274 g/mol. The van der Waals surface area contributed by atoms with Crippen molar-refractivity contribution in [2.75, 3.05) is 0 Å². The van der Waals surface area contributed by atoms with Gasteiger partial charge in [0.2, 0.25) is 5.28 Å². The van der Waals surface area contributed by atoms with E-state index in [-0.39, 0.29) is 5.28 Å². The largest absolute Gasteiger partial charge is 0.372 e. The Balaban J connectivity index is 2.10. The van der Waals surface area contributed by atoms with Crippen molar-refractivity contribution in [1.82, 2.24) is 29.5 Å². The Bertz CT molecular complexity index is 706. The number of aromatic nitrogens is 6. The predicted octanol–water partition coefficient (Wildman–Crippen LogP) is 1.71. The second-order valence-electron chi connectivity index (χ2n) is 3.60. The molecule has 0 spiro atoms. The summed E-state index contributed by atoms with van der Waals surface area (Å²) in [4.78, 5) is 19.9. The summed E-state index contributed by atoms with van der Waals surface area (Å²) < 4.78 is 2.14. The van der Waals surface area contributed by atoms with Gasteiger partial charge in [0.1, 0.15) is 12.7 Å². The molecular weight excluding hydrogens is 268 g/mol. The van der Waals surface area contributed by atoms with Crippen molar-refractivity contribution in [1.29, 1.82) is 0 Å². The van der Waals surface area contributed by atoms with Crippen molar-refractivity contribution in [2.45, 2.75) is 0 Å². The van der Waals surface area contributed by atoms with Gasteiger partial charge in [-0.15, -0.1) is 5.10 Å². The summed E-state index contributed by atoms with van der Waals surface area (Å²) in [6.07, 6.45) is 2.55. The molecule has 0 unspecified atom stereocenters. The molecular formula is C11H7ClN6O. The van der Waals surface area contributed by atoms with Crippen LogP contribution in [-0.4, -0.2) is 35.6 Å². The topological polar surface area (TPSA) is 78.5 Å². The zero-order valence-corrected chi connectivity index (χ0v) is 10.3. The molecule has 19 heavy (non-hydrogen) atoms. The lowest BCUT2D eigenvalue weighted by Crippen LogP contribution is -2.22. The number of carbonyl (C=O) groups is 1. The van der Waals surface area contributed by atoms with Crippen molar-refractivity contribution in [3.05, 3.63) is 48.3 Å². The van der Waals surface area contributed by atoms with Gasteiger partial charge in [0.15, 0.2) is 5.82 Å². The average molecular weight is 275 g/mol. The molecule has 1 aromatic carbocycles. The Morgan fingerprint density at radius 1 is 1.21 bits per heavy atom. The molecule has 0 bridgehead atoms. The highest BCUT2D eigenvalue weighted by atomic mass is 35.5. The second-order valence-corrected chi connectivity index (χ2v) is 3.94. The van der Waals surface area contributed by atoms with Crippen LogP contribution in [-0.2, 0) is 0 Å². The third-order valence-corrected chi connectivity index (χ3v) is 2.57. The summed E-state index contributed by atoms with van der Waals surface area (Å²) in [5.74, 6) is 0.353. The summed E-state index contributed by atoms with van der Waals surface area (Å²) in [5, 5.41) is 7.63. The van der Waals surface area contributed by atoms with Gasteiger partial charge < -0.3 is 0 Å². The van der Waals surface area contributed by atoms with Gasteiger partial charge in [-0.05, 0) is 11.6 Å². The van der Waals surface area contributed by atoms with Crippen molar-refractivity contribution >= 4 is 17.6 Å². The van der Waals surface area contributed by atoms with E-state index in [0.717, 1.165) is 14.9 Å². The van der Waals surface area contributed by atoms with Crippen LogP contribution in [0.3, 0.4) is 0 Å². The minimum atomic E-state index is -0.504. The van der Waals surface area contributed by atoms with Crippen LogP contribution in [0.2, 0.25) is 5.28 Å². The molecule has 2 aromatic heterocycles. The third kappa shape index (κ3) is 2.11. The molecule has 0 fully saturated rings. The minimum absolute atomic E-state index is 0.00711. The van der Waals surface area contributed by atoms with Crippen LogP contribution in [0.5, 0.6) is 0 Å².